The van der Waals surface area contributed by atoms with Gasteiger partial charge in [0.25, 0.3) is 0 Å². The van der Waals surface area contributed by atoms with Crippen LogP contribution in [0, 0.1) is 0 Å². The molecule has 0 radical (unpaired) electrons. The van der Waals surface area contributed by atoms with Crippen molar-refractivity contribution in [2.24, 2.45) is 5.73 Å². The minimum Gasteiger partial charge on any atom is -0.385 e. The molecule has 2 N–H and O–H groups in total. The Hall–Kier alpha value is -0.170. The molecule has 0 heterocycles. The lowest BCUT2D eigenvalue weighted by molar-refractivity contribution is 0.171. The van der Waals surface area contributed by atoms with Gasteiger partial charge >= 0.3 is 0 Å². The lowest BCUT2D eigenvalue weighted by atomic mass is 9.90. The number of ether oxygens (including phenoxy) is 1. The smallest absolute Gasteiger partial charge is 0.214 e. The standard InChI is InChI=1S/C14H30N2O3S/c1-3-16(20(17,18)12-8-11-19-2)14(13-15)9-6-4-5-7-10-14/h3-13,15H2,1-2H3. The van der Waals surface area contributed by atoms with E-state index in [4.69, 9.17) is 10.5 Å². The quantitative estimate of drug-likeness (QED) is 0.547. The van der Waals surface area contributed by atoms with Crippen LogP contribution in [0.25, 0.3) is 0 Å². The van der Waals surface area contributed by atoms with E-state index in [1.165, 1.54) is 12.8 Å². The summed E-state index contributed by atoms with van der Waals surface area (Å²) < 4.78 is 31.9. The third-order valence-corrected chi connectivity index (χ3v) is 6.44. The number of rotatable bonds is 8. The van der Waals surface area contributed by atoms with Crippen LogP contribution >= 0.6 is 0 Å². The molecule has 0 aliphatic heterocycles. The van der Waals surface area contributed by atoms with E-state index in [0.29, 0.717) is 26.1 Å². The molecule has 0 aromatic rings. The summed E-state index contributed by atoms with van der Waals surface area (Å²) >= 11 is 0. The van der Waals surface area contributed by atoms with Crippen molar-refractivity contribution >= 4 is 10.0 Å². The monoisotopic (exact) mass is 306 g/mol. The summed E-state index contributed by atoms with van der Waals surface area (Å²) in [5.74, 6) is 0.149. The number of hydrogen-bond acceptors (Lipinski definition) is 4. The third kappa shape index (κ3) is 4.41. The van der Waals surface area contributed by atoms with E-state index in [2.05, 4.69) is 0 Å². The Morgan fingerprint density at radius 3 is 2.25 bits per heavy atom. The van der Waals surface area contributed by atoms with Gasteiger partial charge in [0.1, 0.15) is 0 Å². The van der Waals surface area contributed by atoms with Crippen LogP contribution in [0.5, 0.6) is 0 Å². The van der Waals surface area contributed by atoms with E-state index < -0.39 is 10.0 Å². The molecule has 0 spiro atoms. The summed E-state index contributed by atoms with van der Waals surface area (Å²) in [7, 11) is -1.66. The second-order valence-electron chi connectivity index (χ2n) is 5.67. The second-order valence-corrected chi connectivity index (χ2v) is 7.68. The maximum atomic E-state index is 12.6. The summed E-state index contributed by atoms with van der Waals surface area (Å²) in [6, 6.07) is 0. The Balaban J connectivity index is 2.89. The number of hydrogen-bond donors (Lipinski definition) is 1. The van der Waals surface area contributed by atoms with E-state index in [9.17, 15) is 8.42 Å². The first-order chi connectivity index (χ1) is 9.52. The Labute approximate surface area is 123 Å². The minimum absolute atomic E-state index is 0.149. The van der Waals surface area contributed by atoms with Crippen LogP contribution in [0.3, 0.4) is 0 Å². The van der Waals surface area contributed by atoms with Crippen LogP contribution in [0.2, 0.25) is 0 Å². The number of likely N-dealkylation sites (N-methyl/N-ethyl adjacent to an activating group) is 1. The molecule has 0 amide bonds. The number of nitrogens with zero attached hydrogens (tertiary/aromatic N) is 1. The Bertz CT molecular complexity index is 363. The zero-order valence-corrected chi connectivity index (χ0v) is 13.8. The molecule has 1 fully saturated rings. The summed E-state index contributed by atoms with van der Waals surface area (Å²) in [4.78, 5) is 0. The number of sulfonamides is 1. The highest BCUT2D eigenvalue weighted by molar-refractivity contribution is 7.89. The van der Waals surface area contributed by atoms with Gasteiger partial charge in [-0.3, -0.25) is 0 Å². The van der Waals surface area contributed by atoms with E-state index in [1.54, 1.807) is 11.4 Å². The fourth-order valence-electron chi connectivity index (χ4n) is 3.27. The molecular weight excluding hydrogens is 276 g/mol. The van der Waals surface area contributed by atoms with Crippen molar-refractivity contribution in [3.8, 4) is 0 Å². The highest BCUT2D eigenvalue weighted by atomic mass is 32.2. The first kappa shape index (κ1) is 17.9. The van der Waals surface area contributed by atoms with Gasteiger partial charge in [0.15, 0.2) is 0 Å². The zero-order valence-electron chi connectivity index (χ0n) is 12.9. The van der Waals surface area contributed by atoms with Gasteiger partial charge in [-0.05, 0) is 19.3 Å². The van der Waals surface area contributed by atoms with Crippen molar-refractivity contribution in [2.75, 3.05) is 32.6 Å². The van der Waals surface area contributed by atoms with E-state index in [-0.39, 0.29) is 11.3 Å². The Morgan fingerprint density at radius 1 is 1.20 bits per heavy atom. The largest absolute Gasteiger partial charge is 0.385 e. The van der Waals surface area contributed by atoms with Gasteiger partial charge in [0.05, 0.1) is 5.75 Å². The van der Waals surface area contributed by atoms with Gasteiger partial charge in [-0.1, -0.05) is 32.6 Å². The molecule has 20 heavy (non-hydrogen) atoms. The summed E-state index contributed by atoms with van der Waals surface area (Å²) in [5, 5.41) is 0. The molecule has 5 nitrogen and oxygen atoms in total. The predicted octanol–water partition coefficient (Wildman–Crippen LogP) is 1.73. The number of nitrogens with two attached hydrogens (primary N) is 1. The Kier molecular flexibility index (Phi) is 7.43. The van der Waals surface area contributed by atoms with Crippen molar-refractivity contribution < 1.29 is 13.2 Å². The van der Waals surface area contributed by atoms with Gasteiger partial charge in [-0.2, -0.15) is 4.31 Å². The average molecular weight is 306 g/mol. The fourth-order valence-corrected chi connectivity index (χ4v) is 5.21. The van der Waals surface area contributed by atoms with Crippen molar-refractivity contribution in [1.29, 1.82) is 0 Å². The molecule has 1 saturated carbocycles. The van der Waals surface area contributed by atoms with Crippen molar-refractivity contribution in [2.45, 2.75) is 57.4 Å². The molecular formula is C14H30N2O3S. The molecule has 1 aliphatic rings. The fraction of sp³-hybridized carbons (Fsp3) is 1.00. The molecule has 0 aromatic heterocycles. The molecule has 120 valence electrons. The van der Waals surface area contributed by atoms with Crippen molar-refractivity contribution in [1.82, 2.24) is 4.31 Å². The Morgan fingerprint density at radius 2 is 1.80 bits per heavy atom. The van der Waals surface area contributed by atoms with E-state index in [0.717, 1.165) is 25.7 Å². The summed E-state index contributed by atoms with van der Waals surface area (Å²) in [6.07, 6.45) is 6.83. The normalized spacial score (nSPS) is 20.0. The van der Waals surface area contributed by atoms with Gasteiger partial charge in [-0.25, -0.2) is 8.42 Å². The predicted molar refractivity (Wildman–Crippen MR) is 82.1 cm³/mol. The van der Waals surface area contributed by atoms with Crippen LogP contribution < -0.4 is 5.73 Å². The van der Waals surface area contributed by atoms with Crippen LogP contribution in [0.1, 0.15) is 51.9 Å². The van der Waals surface area contributed by atoms with Gasteiger partial charge in [0, 0.05) is 32.3 Å². The van der Waals surface area contributed by atoms with Crippen LogP contribution in [-0.4, -0.2) is 50.8 Å². The van der Waals surface area contributed by atoms with E-state index >= 15 is 0 Å². The van der Waals surface area contributed by atoms with E-state index in [1.807, 2.05) is 6.92 Å². The topological polar surface area (TPSA) is 72.6 Å². The molecule has 1 rings (SSSR count). The third-order valence-electron chi connectivity index (χ3n) is 4.32. The zero-order chi connectivity index (χ0) is 15.1. The van der Waals surface area contributed by atoms with Gasteiger partial charge in [-0.15, -0.1) is 0 Å². The van der Waals surface area contributed by atoms with Crippen LogP contribution in [0.4, 0.5) is 0 Å². The minimum atomic E-state index is -3.26. The molecule has 1 aliphatic carbocycles. The molecule has 0 aromatic carbocycles. The average Bonchev–Trinajstić information content (AvgIpc) is 2.66. The van der Waals surface area contributed by atoms with Crippen molar-refractivity contribution in [3.63, 3.8) is 0 Å². The molecule has 6 heteroatoms. The molecule has 0 unspecified atom stereocenters. The molecule has 0 saturated heterocycles. The highest BCUT2D eigenvalue weighted by Crippen LogP contribution is 2.33. The number of methoxy groups -OCH3 is 1. The molecule has 0 bridgehead atoms. The molecule has 0 atom stereocenters. The lowest BCUT2D eigenvalue weighted by Gasteiger charge is -2.41. The maximum Gasteiger partial charge on any atom is 0.214 e. The van der Waals surface area contributed by atoms with Crippen LogP contribution in [0.15, 0.2) is 0 Å². The highest BCUT2D eigenvalue weighted by Gasteiger charge is 2.41. The van der Waals surface area contributed by atoms with Crippen LogP contribution in [-0.2, 0) is 14.8 Å². The van der Waals surface area contributed by atoms with Gasteiger partial charge < -0.3 is 10.5 Å². The maximum absolute atomic E-state index is 12.6. The SMILES string of the molecule is CCN(C1(CN)CCCCCC1)S(=O)(=O)CCCOC. The lowest BCUT2D eigenvalue weighted by Crippen LogP contribution is -2.56. The summed E-state index contributed by atoms with van der Waals surface area (Å²) in [6.45, 7) is 3.32. The second kappa shape index (κ2) is 8.32. The van der Waals surface area contributed by atoms with Gasteiger partial charge in [0.2, 0.25) is 10.0 Å². The summed E-state index contributed by atoms with van der Waals surface area (Å²) in [5.41, 5.74) is 5.64. The van der Waals surface area contributed by atoms with Crippen molar-refractivity contribution in [3.05, 3.63) is 0 Å². The first-order valence-electron chi connectivity index (χ1n) is 7.72. The first-order valence-corrected chi connectivity index (χ1v) is 9.33.